The molecule has 1 heterocycles. The first-order valence-corrected chi connectivity index (χ1v) is 7.90. The highest BCUT2D eigenvalue weighted by Gasteiger charge is 2.35. The Balaban J connectivity index is 2.24. The van der Waals surface area contributed by atoms with E-state index in [1.165, 1.54) is 5.56 Å². The Morgan fingerprint density at radius 1 is 1.30 bits per heavy atom. The van der Waals surface area contributed by atoms with Crippen molar-refractivity contribution in [3.63, 3.8) is 0 Å². The minimum atomic E-state index is -0.124. The van der Waals surface area contributed by atoms with Crippen molar-refractivity contribution in [1.29, 1.82) is 0 Å². The van der Waals surface area contributed by atoms with Crippen LogP contribution in [0.3, 0.4) is 0 Å². The maximum Gasteiger partial charge on any atom is 0.220 e. The molecule has 5 heteroatoms. The van der Waals surface area contributed by atoms with Gasteiger partial charge in [-0.3, -0.25) is 4.79 Å². The van der Waals surface area contributed by atoms with Crippen LogP contribution in [0.2, 0.25) is 0 Å². The predicted molar refractivity (Wildman–Crippen MR) is 85.1 cm³/mol. The molecule has 110 valence electrons. The molecule has 0 spiro atoms. The summed E-state index contributed by atoms with van der Waals surface area (Å²) in [5, 5.41) is 2.91. The second-order valence-electron chi connectivity index (χ2n) is 5.43. The number of alkyl halides is 2. The number of amides is 1. The van der Waals surface area contributed by atoms with Gasteiger partial charge in [-0.2, -0.15) is 0 Å². The van der Waals surface area contributed by atoms with Crippen LogP contribution in [0.4, 0.5) is 5.69 Å². The molecule has 1 aromatic carbocycles. The normalized spacial score (nSPS) is 21.9. The van der Waals surface area contributed by atoms with E-state index in [-0.39, 0.29) is 11.3 Å². The monoisotopic (exact) mass is 314 g/mol. The number of nitrogens with one attached hydrogen (secondary N) is 1. The van der Waals surface area contributed by atoms with Crippen LogP contribution < -0.4 is 10.2 Å². The molecule has 1 amide bonds. The molecule has 2 rings (SSSR count). The van der Waals surface area contributed by atoms with Crippen molar-refractivity contribution in [2.24, 2.45) is 0 Å². The van der Waals surface area contributed by atoms with E-state index in [1.807, 2.05) is 6.07 Å². The summed E-state index contributed by atoms with van der Waals surface area (Å²) in [5.74, 6) is 1.26. The first kappa shape index (κ1) is 15.5. The van der Waals surface area contributed by atoms with E-state index in [4.69, 9.17) is 23.2 Å². The maximum atomic E-state index is 11.5. The van der Waals surface area contributed by atoms with E-state index in [0.717, 1.165) is 18.8 Å². The van der Waals surface area contributed by atoms with Crippen LogP contribution in [0.25, 0.3) is 0 Å². The highest BCUT2D eigenvalue weighted by atomic mass is 35.5. The Hall–Kier alpha value is -0.930. The Bertz CT molecular complexity index is 475. The van der Waals surface area contributed by atoms with Crippen molar-refractivity contribution in [2.45, 2.75) is 18.8 Å². The molecular formula is C15H20Cl2N2O. The van der Waals surface area contributed by atoms with Gasteiger partial charge >= 0.3 is 0 Å². The lowest BCUT2D eigenvalue weighted by Crippen LogP contribution is -2.29. The first-order valence-electron chi connectivity index (χ1n) is 6.83. The molecule has 1 unspecified atom stereocenters. The quantitative estimate of drug-likeness (QED) is 0.819. The van der Waals surface area contributed by atoms with Gasteiger partial charge in [0.1, 0.15) is 0 Å². The van der Waals surface area contributed by atoms with Crippen LogP contribution in [0.5, 0.6) is 0 Å². The third-order valence-electron chi connectivity index (χ3n) is 3.84. The Kier molecular flexibility index (Phi) is 5.17. The predicted octanol–water partition coefficient (Wildman–Crippen LogP) is 2.75. The lowest BCUT2D eigenvalue weighted by molar-refractivity contribution is -0.119. The fraction of sp³-hybridized carbons (Fsp3) is 0.533. The Morgan fingerprint density at radius 2 is 2.00 bits per heavy atom. The highest BCUT2D eigenvalue weighted by molar-refractivity contribution is 6.18. The first-order chi connectivity index (χ1) is 9.59. The van der Waals surface area contributed by atoms with Gasteiger partial charge in [-0.25, -0.2) is 0 Å². The zero-order valence-corrected chi connectivity index (χ0v) is 13.2. The van der Waals surface area contributed by atoms with Crippen LogP contribution in [0, 0.1) is 0 Å². The standard InChI is InChI=1S/C15H20Cl2N2O/c1-15(10-14(20)18-11-15)12-3-2-4-13(9-12)19(7-5-16)8-6-17/h2-4,9H,5-8,10-11H2,1H3,(H,18,20). The maximum absolute atomic E-state index is 11.5. The average Bonchev–Trinajstić information content (AvgIpc) is 2.80. The van der Waals surface area contributed by atoms with Gasteiger partial charge in [0.05, 0.1) is 0 Å². The number of nitrogens with zero attached hydrogens (tertiary/aromatic N) is 1. The highest BCUT2D eigenvalue weighted by Crippen LogP contribution is 2.32. The fourth-order valence-electron chi connectivity index (χ4n) is 2.63. The second-order valence-corrected chi connectivity index (χ2v) is 6.19. The van der Waals surface area contributed by atoms with E-state index in [0.29, 0.717) is 24.7 Å². The van der Waals surface area contributed by atoms with Gasteiger partial charge in [0.25, 0.3) is 0 Å². The van der Waals surface area contributed by atoms with Crippen molar-refractivity contribution in [1.82, 2.24) is 5.32 Å². The molecule has 1 aliphatic rings. The van der Waals surface area contributed by atoms with E-state index in [1.54, 1.807) is 0 Å². The topological polar surface area (TPSA) is 32.3 Å². The zero-order chi connectivity index (χ0) is 14.6. The van der Waals surface area contributed by atoms with Gasteiger partial charge in [-0.15, -0.1) is 23.2 Å². The lowest BCUT2D eigenvalue weighted by atomic mass is 9.81. The second kappa shape index (κ2) is 6.68. The number of rotatable bonds is 6. The van der Waals surface area contributed by atoms with Gasteiger partial charge in [0.2, 0.25) is 5.91 Å². The average molecular weight is 315 g/mol. The van der Waals surface area contributed by atoms with Crippen LogP contribution in [-0.4, -0.2) is 37.3 Å². The molecule has 0 saturated carbocycles. The summed E-state index contributed by atoms with van der Waals surface area (Å²) in [6.07, 6.45) is 0.543. The fourth-order valence-corrected chi connectivity index (χ4v) is 3.04. The molecule has 1 aromatic rings. The minimum absolute atomic E-state index is 0.122. The number of carbonyl (C=O) groups excluding carboxylic acids is 1. The molecule has 0 aromatic heterocycles. The third kappa shape index (κ3) is 3.39. The molecule has 1 fully saturated rings. The number of benzene rings is 1. The largest absolute Gasteiger partial charge is 0.369 e. The molecule has 0 radical (unpaired) electrons. The third-order valence-corrected chi connectivity index (χ3v) is 4.18. The SMILES string of the molecule is CC1(c2cccc(N(CCCl)CCCl)c2)CNC(=O)C1. The van der Waals surface area contributed by atoms with Crippen LogP contribution in [0.1, 0.15) is 18.9 Å². The van der Waals surface area contributed by atoms with Crippen molar-refractivity contribution in [3.05, 3.63) is 29.8 Å². The molecule has 1 atom stereocenters. The van der Waals surface area contributed by atoms with E-state index >= 15 is 0 Å². The van der Waals surface area contributed by atoms with Crippen LogP contribution >= 0.6 is 23.2 Å². The summed E-state index contributed by atoms with van der Waals surface area (Å²) in [7, 11) is 0. The van der Waals surface area contributed by atoms with Gasteiger partial charge < -0.3 is 10.2 Å². The molecule has 1 saturated heterocycles. The number of anilines is 1. The number of hydrogen-bond acceptors (Lipinski definition) is 2. The number of carbonyl (C=O) groups is 1. The number of halogens is 2. The van der Waals surface area contributed by atoms with Crippen LogP contribution in [-0.2, 0) is 10.2 Å². The number of hydrogen-bond donors (Lipinski definition) is 1. The Morgan fingerprint density at radius 3 is 2.55 bits per heavy atom. The van der Waals surface area contributed by atoms with Gasteiger partial charge in [0.15, 0.2) is 0 Å². The van der Waals surface area contributed by atoms with E-state index in [9.17, 15) is 4.79 Å². The molecule has 0 aliphatic carbocycles. The molecule has 0 bridgehead atoms. The summed E-state index contributed by atoms with van der Waals surface area (Å²) in [5.41, 5.74) is 2.17. The molecule has 3 nitrogen and oxygen atoms in total. The van der Waals surface area contributed by atoms with Crippen molar-refractivity contribution >= 4 is 34.8 Å². The van der Waals surface area contributed by atoms with Gasteiger partial charge in [-0.1, -0.05) is 19.1 Å². The summed E-state index contributed by atoms with van der Waals surface area (Å²) >= 11 is 11.7. The van der Waals surface area contributed by atoms with Crippen molar-refractivity contribution < 1.29 is 4.79 Å². The molecule has 1 N–H and O–H groups in total. The van der Waals surface area contributed by atoms with Crippen LogP contribution in [0.15, 0.2) is 24.3 Å². The molecule has 20 heavy (non-hydrogen) atoms. The van der Waals surface area contributed by atoms with Gasteiger partial charge in [0, 0.05) is 48.9 Å². The smallest absolute Gasteiger partial charge is 0.220 e. The minimum Gasteiger partial charge on any atom is -0.369 e. The molecular weight excluding hydrogens is 295 g/mol. The van der Waals surface area contributed by atoms with Gasteiger partial charge in [-0.05, 0) is 17.7 Å². The molecule has 1 aliphatic heterocycles. The lowest BCUT2D eigenvalue weighted by Gasteiger charge is -2.27. The van der Waals surface area contributed by atoms with Crippen molar-refractivity contribution in [3.8, 4) is 0 Å². The van der Waals surface area contributed by atoms with E-state index < -0.39 is 0 Å². The van der Waals surface area contributed by atoms with E-state index in [2.05, 4.69) is 35.3 Å². The summed E-state index contributed by atoms with van der Waals surface area (Å²) in [6, 6.07) is 8.34. The summed E-state index contributed by atoms with van der Waals surface area (Å²) in [6.45, 7) is 4.36. The Labute approximate surface area is 130 Å². The summed E-state index contributed by atoms with van der Waals surface area (Å²) in [4.78, 5) is 13.7. The summed E-state index contributed by atoms with van der Waals surface area (Å²) < 4.78 is 0. The zero-order valence-electron chi connectivity index (χ0n) is 11.7. The van der Waals surface area contributed by atoms with Crippen molar-refractivity contribution in [2.75, 3.05) is 36.3 Å².